The van der Waals surface area contributed by atoms with Crippen LogP contribution in [0.2, 0.25) is 4.55 Å². The van der Waals surface area contributed by atoms with Gasteiger partial charge in [-0.3, -0.25) is 0 Å². The van der Waals surface area contributed by atoms with Gasteiger partial charge >= 0.3 is 18.2 Å². The zero-order chi connectivity index (χ0) is 9.95. The van der Waals surface area contributed by atoms with Gasteiger partial charge in [0, 0.05) is 5.41 Å². The van der Waals surface area contributed by atoms with Crippen LogP contribution in [0.3, 0.4) is 0 Å². The highest BCUT2D eigenvalue weighted by Crippen LogP contribution is 2.31. The minimum Gasteiger partial charge on any atom is -0.350 e. The van der Waals surface area contributed by atoms with Gasteiger partial charge in [0.05, 0.1) is 13.2 Å². The molecular formula is C9H17BrMgO2. The zero-order valence-corrected chi connectivity index (χ0v) is 11.7. The molecule has 0 saturated carbocycles. The van der Waals surface area contributed by atoms with Crippen LogP contribution in [-0.2, 0) is 9.47 Å². The largest absolute Gasteiger partial charge is 0.468 e. The summed E-state index contributed by atoms with van der Waals surface area (Å²) in [5, 5.41) is 0. The first-order chi connectivity index (χ1) is 5.97. The van der Waals surface area contributed by atoms with Crippen molar-refractivity contribution in [3.63, 3.8) is 0 Å². The molecule has 1 aliphatic heterocycles. The van der Waals surface area contributed by atoms with Crippen LogP contribution in [0.25, 0.3) is 0 Å². The summed E-state index contributed by atoms with van der Waals surface area (Å²) in [7, 11) is 0. The van der Waals surface area contributed by atoms with Crippen molar-refractivity contribution in [2.45, 2.75) is 37.5 Å². The topological polar surface area (TPSA) is 18.5 Å². The molecule has 0 radical (unpaired) electrons. The molecule has 4 heteroatoms. The van der Waals surface area contributed by atoms with E-state index in [1.807, 2.05) is 0 Å². The van der Waals surface area contributed by atoms with E-state index >= 15 is 0 Å². The SMILES string of the molecule is CC1(C)COC(C)(C[CH2][Mg][Br])OC1. The normalized spacial score (nSPS) is 25.2. The standard InChI is InChI=1S/C9H17O2.BrH.Mg/c1-5-9(4)10-6-8(2,3)7-11-9;;/h1,5-7H2,2-4H3;1H;/q;;+1/p-1. The molecule has 0 aromatic heterocycles. The van der Waals surface area contributed by atoms with E-state index < -0.39 is 0 Å². The van der Waals surface area contributed by atoms with Gasteiger partial charge in [0.1, 0.15) is 0 Å². The zero-order valence-electron chi connectivity index (χ0n) is 8.73. The highest BCUT2D eigenvalue weighted by Gasteiger charge is 2.35. The molecule has 0 unspecified atom stereocenters. The lowest BCUT2D eigenvalue weighted by Crippen LogP contribution is -2.45. The summed E-state index contributed by atoms with van der Waals surface area (Å²) in [6.45, 7) is 8.03. The van der Waals surface area contributed by atoms with Gasteiger partial charge in [-0.25, -0.2) is 0 Å². The van der Waals surface area contributed by atoms with Crippen LogP contribution >= 0.6 is 12.9 Å². The van der Waals surface area contributed by atoms with E-state index in [0.717, 1.165) is 19.6 Å². The highest BCUT2D eigenvalue weighted by molar-refractivity contribution is 9.23. The second-order valence-corrected chi connectivity index (χ2v) is 8.13. The lowest BCUT2D eigenvalue weighted by Gasteiger charge is -2.41. The number of ether oxygens (including phenoxy) is 2. The Balaban J connectivity index is 2.37. The van der Waals surface area contributed by atoms with E-state index in [2.05, 4.69) is 33.7 Å². The smallest absolute Gasteiger partial charge is 0.350 e. The van der Waals surface area contributed by atoms with Gasteiger partial charge in [-0.15, -0.1) is 4.55 Å². The Kier molecular flexibility index (Phi) is 4.51. The third kappa shape index (κ3) is 4.04. The molecule has 0 aromatic rings. The third-order valence-electron chi connectivity index (χ3n) is 2.30. The molecule has 13 heavy (non-hydrogen) atoms. The molecule has 0 aliphatic carbocycles. The second kappa shape index (κ2) is 4.79. The number of halogens is 1. The molecule has 1 saturated heterocycles. The van der Waals surface area contributed by atoms with Gasteiger partial charge in [-0.2, -0.15) is 0 Å². The van der Waals surface area contributed by atoms with Gasteiger partial charge in [0.15, 0.2) is 5.79 Å². The highest BCUT2D eigenvalue weighted by atomic mass is 79.9. The minimum absolute atomic E-state index is 0.0434. The lowest BCUT2D eigenvalue weighted by molar-refractivity contribution is -0.289. The molecule has 0 atom stereocenters. The Hall–Kier alpha value is 1.17. The van der Waals surface area contributed by atoms with Crippen molar-refractivity contribution in [1.29, 1.82) is 0 Å². The predicted octanol–water partition coefficient (Wildman–Crippen LogP) is 2.60. The van der Waals surface area contributed by atoms with Crippen molar-refractivity contribution in [3.05, 3.63) is 0 Å². The van der Waals surface area contributed by atoms with Crippen molar-refractivity contribution >= 4 is 31.1 Å². The van der Waals surface area contributed by atoms with Gasteiger partial charge in [0.25, 0.3) is 0 Å². The van der Waals surface area contributed by atoms with E-state index in [1.165, 1.54) is 4.55 Å². The van der Waals surface area contributed by atoms with Crippen LogP contribution in [0.5, 0.6) is 0 Å². The van der Waals surface area contributed by atoms with E-state index in [9.17, 15) is 0 Å². The van der Waals surface area contributed by atoms with Crippen molar-refractivity contribution < 1.29 is 9.47 Å². The van der Waals surface area contributed by atoms with E-state index in [0.29, 0.717) is 0 Å². The summed E-state index contributed by atoms with van der Waals surface area (Å²) in [5.41, 5.74) is 0.186. The number of hydrogen-bond acceptors (Lipinski definition) is 2. The van der Waals surface area contributed by atoms with Gasteiger partial charge in [0.2, 0.25) is 0 Å². The average Bonchev–Trinajstić information content (AvgIpc) is 2.08. The van der Waals surface area contributed by atoms with Crippen molar-refractivity contribution in [2.24, 2.45) is 5.41 Å². The maximum Gasteiger partial charge on any atom is 0.468 e. The van der Waals surface area contributed by atoms with E-state index in [1.54, 1.807) is 0 Å². The first-order valence-corrected chi connectivity index (χ1v) is 9.71. The van der Waals surface area contributed by atoms with Gasteiger partial charge in [-0.05, 0) is 13.3 Å². The monoisotopic (exact) mass is 260 g/mol. The van der Waals surface area contributed by atoms with Crippen molar-refractivity contribution in [3.8, 4) is 0 Å². The van der Waals surface area contributed by atoms with Crippen LogP contribution in [-0.4, -0.2) is 37.2 Å². The maximum absolute atomic E-state index is 5.76. The van der Waals surface area contributed by atoms with Crippen molar-refractivity contribution in [2.75, 3.05) is 13.2 Å². The molecule has 0 aromatic carbocycles. The number of hydrogen-bond donors (Lipinski definition) is 0. The molecule has 1 heterocycles. The minimum atomic E-state index is -0.309. The van der Waals surface area contributed by atoms with E-state index in [4.69, 9.17) is 9.47 Å². The number of rotatable bonds is 3. The Morgan fingerprint density at radius 2 is 1.77 bits per heavy atom. The summed E-state index contributed by atoms with van der Waals surface area (Å²) in [6.07, 6.45) is 1.03. The van der Waals surface area contributed by atoms with Crippen LogP contribution in [0.4, 0.5) is 0 Å². The predicted molar refractivity (Wildman–Crippen MR) is 58.2 cm³/mol. The Labute approximate surface area is 96.3 Å². The van der Waals surface area contributed by atoms with Gasteiger partial charge < -0.3 is 22.4 Å². The fraction of sp³-hybridized carbons (Fsp3) is 1.00. The molecule has 1 rings (SSSR count). The average molecular weight is 261 g/mol. The molecule has 0 spiro atoms. The fourth-order valence-corrected chi connectivity index (χ4v) is 2.93. The summed E-state index contributed by atoms with van der Waals surface area (Å²) in [4.78, 5) is 0. The maximum atomic E-state index is 5.76. The molecule has 2 nitrogen and oxygen atoms in total. The van der Waals surface area contributed by atoms with Crippen LogP contribution in [0.15, 0.2) is 0 Å². The first kappa shape index (κ1) is 12.2. The summed E-state index contributed by atoms with van der Waals surface area (Å²) >= 11 is 3.51. The summed E-state index contributed by atoms with van der Waals surface area (Å²) < 4.78 is 12.8. The molecule has 0 amide bonds. The summed E-state index contributed by atoms with van der Waals surface area (Å²) in [5.74, 6) is -0.309. The molecule has 0 N–H and O–H groups in total. The molecule has 0 bridgehead atoms. The lowest BCUT2D eigenvalue weighted by atomic mass is 9.94. The van der Waals surface area contributed by atoms with E-state index in [-0.39, 0.29) is 29.4 Å². The Bertz CT molecular complexity index is 163. The van der Waals surface area contributed by atoms with Crippen LogP contribution in [0.1, 0.15) is 27.2 Å². The second-order valence-electron chi connectivity index (χ2n) is 4.67. The van der Waals surface area contributed by atoms with Gasteiger partial charge in [-0.1, -0.05) is 13.8 Å². The van der Waals surface area contributed by atoms with Crippen molar-refractivity contribution in [1.82, 2.24) is 0 Å². The fourth-order valence-electron chi connectivity index (χ4n) is 1.31. The molecular weight excluding hydrogens is 244 g/mol. The first-order valence-electron chi connectivity index (χ1n) is 4.81. The molecule has 74 valence electrons. The molecule has 1 fully saturated rings. The Morgan fingerprint density at radius 1 is 1.23 bits per heavy atom. The Morgan fingerprint density at radius 3 is 2.23 bits per heavy atom. The summed E-state index contributed by atoms with van der Waals surface area (Å²) in [6, 6.07) is 0. The molecule has 1 aliphatic rings. The third-order valence-corrected chi connectivity index (χ3v) is 4.60. The quantitative estimate of drug-likeness (QED) is 0.727. The van der Waals surface area contributed by atoms with Crippen LogP contribution in [0, 0.1) is 5.41 Å². The van der Waals surface area contributed by atoms with Crippen LogP contribution < -0.4 is 0 Å².